The molecular formula is C12H19N3S. The highest BCUT2D eigenvalue weighted by Crippen LogP contribution is 2.28. The van der Waals surface area contributed by atoms with Gasteiger partial charge in [0, 0.05) is 11.4 Å². The monoisotopic (exact) mass is 237 g/mol. The molecule has 16 heavy (non-hydrogen) atoms. The number of rotatable bonds is 5. The zero-order valence-corrected chi connectivity index (χ0v) is 11.0. The van der Waals surface area contributed by atoms with Gasteiger partial charge in [0.1, 0.15) is 10.4 Å². The summed E-state index contributed by atoms with van der Waals surface area (Å²) in [5.41, 5.74) is 6.46. The minimum atomic E-state index is -0.507. The first-order valence-corrected chi connectivity index (χ1v) is 6.52. The number of nitriles is 1. The van der Waals surface area contributed by atoms with Gasteiger partial charge in [0.25, 0.3) is 0 Å². The molecule has 1 unspecified atom stereocenters. The second-order valence-electron chi connectivity index (χ2n) is 4.56. The van der Waals surface area contributed by atoms with E-state index in [-0.39, 0.29) is 6.04 Å². The fourth-order valence-corrected chi connectivity index (χ4v) is 2.32. The molecule has 1 atom stereocenters. The molecule has 0 radical (unpaired) electrons. The zero-order chi connectivity index (χ0) is 12.2. The van der Waals surface area contributed by atoms with Crippen molar-refractivity contribution in [3.63, 3.8) is 0 Å². The van der Waals surface area contributed by atoms with Crippen molar-refractivity contribution in [2.45, 2.75) is 51.5 Å². The summed E-state index contributed by atoms with van der Waals surface area (Å²) in [6.07, 6.45) is 3.23. The predicted octanol–water partition coefficient (Wildman–Crippen LogP) is 3.13. The van der Waals surface area contributed by atoms with Gasteiger partial charge in [0.05, 0.1) is 11.8 Å². The molecule has 1 aromatic heterocycles. The average molecular weight is 237 g/mol. The van der Waals surface area contributed by atoms with Crippen LogP contribution in [0.15, 0.2) is 5.38 Å². The lowest BCUT2D eigenvalue weighted by Gasteiger charge is -2.11. The van der Waals surface area contributed by atoms with E-state index in [1.165, 1.54) is 11.3 Å². The van der Waals surface area contributed by atoms with Gasteiger partial charge in [-0.05, 0) is 20.3 Å². The van der Waals surface area contributed by atoms with Crippen LogP contribution in [0.3, 0.4) is 0 Å². The van der Waals surface area contributed by atoms with Gasteiger partial charge >= 0.3 is 0 Å². The smallest absolute Gasteiger partial charge is 0.113 e. The Balaban J connectivity index is 2.76. The number of hydrogen-bond donors (Lipinski definition) is 1. The fourth-order valence-electron chi connectivity index (χ4n) is 1.36. The SMILES string of the molecule is CCCCC(N)c1csc(C(C)(C)C#N)n1. The van der Waals surface area contributed by atoms with Gasteiger partial charge in [-0.1, -0.05) is 19.8 Å². The van der Waals surface area contributed by atoms with Crippen LogP contribution < -0.4 is 5.73 Å². The van der Waals surface area contributed by atoms with Crippen molar-refractivity contribution in [2.24, 2.45) is 5.73 Å². The first-order chi connectivity index (χ1) is 7.51. The number of hydrogen-bond acceptors (Lipinski definition) is 4. The van der Waals surface area contributed by atoms with Gasteiger partial charge in [-0.3, -0.25) is 0 Å². The van der Waals surface area contributed by atoms with E-state index in [0.29, 0.717) is 0 Å². The maximum absolute atomic E-state index is 9.02. The summed E-state index contributed by atoms with van der Waals surface area (Å²) in [5, 5.41) is 11.9. The molecule has 0 aliphatic heterocycles. The molecule has 0 aromatic carbocycles. The highest BCUT2D eigenvalue weighted by Gasteiger charge is 2.24. The summed E-state index contributed by atoms with van der Waals surface area (Å²) in [6.45, 7) is 5.92. The second kappa shape index (κ2) is 5.42. The van der Waals surface area contributed by atoms with Gasteiger partial charge in [-0.25, -0.2) is 4.98 Å². The fraction of sp³-hybridized carbons (Fsp3) is 0.667. The zero-order valence-electron chi connectivity index (χ0n) is 10.2. The number of nitrogens with zero attached hydrogens (tertiary/aromatic N) is 2. The summed E-state index contributed by atoms with van der Waals surface area (Å²) in [6, 6.07) is 2.27. The Morgan fingerprint density at radius 2 is 2.31 bits per heavy atom. The van der Waals surface area contributed by atoms with Gasteiger partial charge in [0.2, 0.25) is 0 Å². The Labute approximate surface area is 101 Å². The van der Waals surface area contributed by atoms with Crippen molar-refractivity contribution in [1.82, 2.24) is 4.98 Å². The molecule has 0 fully saturated rings. The van der Waals surface area contributed by atoms with E-state index in [9.17, 15) is 0 Å². The minimum absolute atomic E-state index is 0.0134. The van der Waals surface area contributed by atoms with Crippen LogP contribution in [-0.2, 0) is 5.41 Å². The molecule has 0 spiro atoms. The average Bonchev–Trinajstić information content (AvgIpc) is 2.75. The Morgan fingerprint density at radius 1 is 1.62 bits per heavy atom. The quantitative estimate of drug-likeness (QED) is 0.855. The largest absolute Gasteiger partial charge is 0.323 e. The molecule has 1 aromatic rings. The lowest BCUT2D eigenvalue weighted by molar-refractivity contribution is 0.586. The van der Waals surface area contributed by atoms with Gasteiger partial charge in [-0.15, -0.1) is 11.3 Å². The molecule has 3 nitrogen and oxygen atoms in total. The van der Waals surface area contributed by atoms with Crippen molar-refractivity contribution >= 4 is 11.3 Å². The lowest BCUT2D eigenvalue weighted by Crippen LogP contribution is -2.15. The minimum Gasteiger partial charge on any atom is -0.323 e. The van der Waals surface area contributed by atoms with E-state index in [2.05, 4.69) is 18.0 Å². The Hall–Kier alpha value is -0.920. The van der Waals surface area contributed by atoms with Crippen LogP contribution in [0.5, 0.6) is 0 Å². The van der Waals surface area contributed by atoms with Crippen LogP contribution in [0, 0.1) is 11.3 Å². The van der Waals surface area contributed by atoms with E-state index in [1.54, 1.807) is 0 Å². The third-order valence-electron chi connectivity index (χ3n) is 2.58. The van der Waals surface area contributed by atoms with Crippen LogP contribution >= 0.6 is 11.3 Å². The third kappa shape index (κ3) is 3.03. The van der Waals surface area contributed by atoms with E-state index in [0.717, 1.165) is 30.0 Å². The molecule has 2 N–H and O–H groups in total. The predicted molar refractivity (Wildman–Crippen MR) is 67.2 cm³/mol. The van der Waals surface area contributed by atoms with Crippen LogP contribution in [0.4, 0.5) is 0 Å². The van der Waals surface area contributed by atoms with Crippen molar-refractivity contribution in [3.05, 3.63) is 16.1 Å². The molecule has 0 aliphatic carbocycles. The number of nitrogens with two attached hydrogens (primary N) is 1. The number of unbranched alkanes of at least 4 members (excludes halogenated alkanes) is 1. The Bertz CT molecular complexity index is 376. The highest BCUT2D eigenvalue weighted by molar-refractivity contribution is 7.09. The lowest BCUT2D eigenvalue weighted by atomic mass is 9.97. The first-order valence-electron chi connectivity index (χ1n) is 5.64. The van der Waals surface area contributed by atoms with Gasteiger partial charge in [0.15, 0.2) is 0 Å². The molecule has 0 amide bonds. The van der Waals surface area contributed by atoms with Gasteiger partial charge < -0.3 is 5.73 Å². The standard InChI is InChI=1S/C12H19N3S/c1-4-5-6-9(14)10-7-16-11(15-10)12(2,3)8-13/h7,9H,4-6,14H2,1-3H3. The Morgan fingerprint density at radius 3 is 2.88 bits per heavy atom. The third-order valence-corrected chi connectivity index (χ3v) is 3.77. The summed E-state index contributed by atoms with van der Waals surface area (Å²) in [4.78, 5) is 4.48. The second-order valence-corrected chi connectivity index (χ2v) is 5.42. The number of aromatic nitrogens is 1. The van der Waals surface area contributed by atoms with Crippen LogP contribution in [-0.4, -0.2) is 4.98 Å². The topological polar surface area (TPSA) is 62.7 Å². The van der Waals surface area contributed by atoms with Crippen LogP contribution in [0.1, 0.15) is 56.8 Å². The molecule has 0 aliphatic rings. The highest BCUT2D eigenvalue weighted by atomic mass is 32.1. The normalized spacial score (nSPS) is 13.4. The maximum Gasteiger partial charge on any atom is 0.113 e. The van der Waals surface area contributed by atoms with E-state index in [4.69, 9.17) is 11.0 Å². The summed E-state index contributed by atoms with van der Waals surface area (Å²) >= 11 is 1.53. The molecule has 88 valence electrons. The van der Waals surface area contributed by atoms with E-state index in [1.807, 2.05) is 19.2 Å². The molecule has 0 saturated heterocycles. The maximum atomic E-state index is 9.02. The van der Waals surface area contributed by atoms with Crippen molar-refractivity contribution in [2.75, 3.05) is 0 Å². The van der Waals surface area contributed by atoms with E-state index >= 15 is 0 Å². The Kier molecular flexibility index (Phi) is 4.45. The van der Waals surface area contributed by atoms with Crippen molar-refractivity contribution in [1.29, 1.82) is 5.26 Å². The van der Waals surface area contributed by atoms with Crippen molar-refractivity contribution in [3.8, 4) is 6.07 Å². The molecule has 4 heteroatoms. The van der Waals surface area contributed by atoms with Gasteiger partial charge in [-0.2, -0.15) is 5.26 Å². The van der Waals surface area contributed by atoms with Crippen LogP contribution in [0.2, 0.25) is 0 Å². The molecule has 1 rings (SSSR count). The van der Waals surface area contributed by atoms with Crippen molar-refractivity contribution < 1.29 is 0 Å². The summed E-state index contributed by atoms with van der Waals surface area (Å²) in [7, 11) is 0. The molecular weight excluding hydrogens is 218 g/mol. The van der Waals surface area contributed by atoms with Crippen LogP contribution in [0.25, 0.3) is 0 Å². The summed E-state index contributed by atoms with van der Waals surface area (Å²) in [5.74, 6) is 0. The molecule has 0 bridgehead atoms. The summed E-state index contributed by atoms with van der Waals surface area (Å²) < 4.78 is 0. The molecule has 1 heterocycles. The first kappa shape index (κ1) is 13.1. The number of thiazole rings is 1. The molecule has 0 saturated carbocycles. The van der Waals surface area contributed by atoms with E-state index < -0.39 is 5.41 Å².